The summed E-state index contributed by atoms with van der Waals surface area (Å²) in [6, 6.07) is 10.2. The molecule has 3 heteroatoms. The van der Waals surface area contributed by atoms with Crippen molar-refractivity contribution in [3.05, 3.63) is 29.8 Å². The Morgan fingerprint density at radius 1 is 1.30 bits per heavy atom. The van der Waals surface area contributed by atoms with Crippen LogP contribution in [0.2, 0.25) is 0 Å². The van der Waals surface area contributed by atoms with Gasteiger partial charge in [0.1, 0.15) is 17.8 Å². The molecule has 3 rings (SSSR count). The van der Waals surface area contributed by atoms with E-state index in [1.54, 1.807) is 0 Å². The maximum atomic E-state index is 11.1. The lowest BCUT2D eigenvalue weighted by Gasteiger charge is -2.47. The summed E-state index contributed by atoms with van der Waals surface area (Å²) >= 11 is 0. The van der Waals surface area contributed by atoms with Crippen LogP contribution in [0.3, 0.4) is 0 Å². The fourth-order valence-corrected chi connectivity index (χ4v) is 3.56. The number of fused-ring (bicyclic) bond motifs is 1. The van der Waals surface area contributed by atoms with Crippen LogP contribution in [0.15, 0.2) is 24.3 Å². The molecule has 1 saturated carbocycles. The van der Waals surface area contributed by atoms with E-state index in [2.05, 4.69) is 13.0 Å². The molecular weight excluding hydrogens is 250 g/mol. The number of nitrogens with zero attached hydrogens (tertiary/aromatic N) is 1. The van der Waals surface area contributed by atoms with Crippen LogP contribution in [0.1, 0.15) is 38.2 Å². The largest absolute Gasteiger partial charge is 0.492 e. The predicted octanol–water partition coefficient (Wildman–Crippen LogP) is 3.07. The van der Waals surface area contributed by atoms with E-state index in [9.17, 15) is 10.4 Å². The number of ether oxygens (including phenoxy) is 1. The third kappa shape index (κ3) is 1.99. The highest BCUT2D eigenvalue weighted by Crippen LogP contribution is 2.48. The number of hydrogen-bond acceptors (Lipinski definition) is 3. The molecule has 3 nitrogen and oxygen atoms in total. The van der Waals surface area contributed by atoms with Gasteiger partial charge in [0.05, 0.1) is 11.7 Å². The third-order valence-corrected chi connectivity index (χ3v) is 5.15. The maximum Gasteiger partial charge on any atom is 0.124 e. The zero-order valence-electron chi connectivity index (χ0n) is 11.9. The van der Waals surface area contributed by atoms with Gasteiger partial charge in [-0.25, -0.2) is 0 Å². The Morgan fingerprint density at radius 2 is 2.00 bits per heavy atom. The molecular formula is C17H21NO2. The molecule has 1 aliphatic heterocycles. The molecule has 20 heavy (non-hydrogen) atoms. The summed E-state index contributed by atoms with van der Waals surface area (Å²) in [6.07, 6.45) is 3.97. The van der Waals surface area contributed by atoms with Crippen molar-refractivity contribution in [1.82, 2.24) is 0 Å². The Balaban J connectivity index is 1.92. The molecule has 1 fully saturated rings. The highest BCUT2D eigenvalue weighted by Gasteiger charge is 2.54. The van der Waals surface area contributed by atoms with Gasteiger partial charge in [-0.3, -0.25) is 0 Å². The van der Waals surface area contributed by atoms with Crippen LogP contribution in [0, 0.1) is 22.7 Å². The first-order valence-corrected chi connectivity index (χ1v) is 7.43. The summed E-state index contributed by atoms with van der Waals surface area (Å²) in [5, 5.41) is 20.8. The first-order chi connectivity index (χ1) is 9.59. The van der Waals surface area contributed by atoms with Crippen LogP contribution < -0.4 is 4.74 Å². The van der Waals surface area contributed by atoms with Crippen LogP contribution in [0.5, 0.6) is 5.75 Å². The van der Waals surface area contributed by atoms with E-state index >= 15 is 0 Å². The van der Waals surface area contributed by atoms with Gasteiger partial charge in [0, 0.05) is 6.42 Å². The molecule has 0 bridgehead atoms. The number of hydrogen-bond donors (Lipinski definition) is 1. The van der Waals surface area contributed by atoms with Gasteiger partial charge < -0.3 is 9.84 Å². The van der Waals surface area contributed by atoms with Gasteiger partial charge in [-0.2, -0.15) is 5.26 Å². The molecule has 106 valence electrons. The summed E-state index contributed by atoms with van der Waals surface area (Å²) in [7, 11) is 0. The Hall–Kier alpha value is -1.53. The highest BCUT2D eigenvalue weighted by molar-refractivity contribution is 5.38. The monoisotopic (exact) mass is 271 g/mol. The predicted molar refractivity (Wildman–Crippen MR) is 76.3 cm³/mol. The van der Waals surface area contributed by atoms with Gasteiger partial charge in [-0.1, -0.05) is 25.1 Å². The Kier molecular flexibility index (Phi) is 3.22. The minimum atomic E-state index is -0.915. The fraction of sp³-hybridized carbons (Fsp3) is 0.588. The Labute approximate surface area is 120 Å². The zero-order chi connectivity index (χ0) is 14.2. The van der Waals surface area contributed by atoms with E-state index in [0.717, 1.165) is 24.2 Å². The van der Waals surface area contributed by atoms with E-state index in [-0.39, 0.29) is 0 Å². The number of para-hydroxylation sites is 1. The summed E-state index contributed by atoms with van der Waals surface area (Å²) in [5.74, 6) is 1.49. The third-order valence-electron chi connectivity index (χ3n) is 5.15. The summed E-state index contributed by atoms with van der Waals surface area (Å²) in [4.78, 5) is 0. The van der Waals surface area contributed by atoms with Gasteiger partial charge >= 0.3 is 0 Å². The minimum absolute atomic E-state index is 0.297. The number of nitriles is 1. The van der Waals surface area contributed by atoms with E-state index in [1.807, 2.05) is 24.3 Å². The van der Waals surface area contributed by atoms with E-state index in [1.165, 1.54) is 0 Å². The van der Waals surface area contributed by atoms with E-state index < -0.39 is 11.0 Å². The van der Waals surface area contributed by atoms with Crippen molar-refractivity contribution in [2.75, 3.05) is 6.61 Å². The number of aliphatic hydroxyl groups is 1. The quantitative estimate of drug-likeness (QED) is 0.854. The fourth-order valence-electron chi connectivity index (χ4n) is 3.56. The Morgan fingerprint density at radius 3 is 2.70 bits per heavy atom. The highest BCUT2D eigenvalue weighted by atomic mass is 16.5. The van der Waals surface area contributed by atoms with Crippen molar-refractivity contribution in [2.45, 2.75) is 44.6 Å². The van der Waals surface area contributed by atoms with Gasteiger partial charge in [0.2, 0.25) is 0 Å². The normalized spacial score (nSPS) is 36.5. The topological polar surface area (TPSA) is 53.2 Å². The van der Waals surface area contributed by atoms with Crippen molar-refractivity contribution in [2.24, 2.45) is 11.3 Å². The van der Waals surface area contributed by atoms with Crippen molar-refractivity contribution < 1.29 is 9.84 Å². The first-order valence-electron chi connectivity index (χ1n) is 7.43. The second-order valence-electron chi connectivity index (χ2n) is 6.48. The standard InChI is InChI=1S/C17H21NO2/c1-13-6-8-17(19,9-7-13)16(11-18)10-14-4-2-3-5-15(14)20-12-16/h2-5,13,19H,6-10,12H2,1H3. The smallest absolute Gasteiger partial charge is 0.124 e. The average molecular weight is 271 g/mol. The first kappa shape index (κ1) is 13.5. The number of benzene rings is 1. The molecule has 1 unspecified atom stereocenters. The van der Waals surface area contributed by atoms with E-state index in [4.69, 9.17) is 4.74 Å². The lowest BCUT2D eigenvalue weighted by atomic mass is 9.61. The van der Waals surface area contributed by atoms with Crippen LogP contribution >= 0.6 is 0 Å². The summed E-state index contributed by atoms with van der Waals surface area (Å²) in [6.45, 7) is 2.51. The van der Waals surface area contributed by atoms with E-state index in [0.29, 0.717) is 31.8 Å². The minimum Gasteiger partial charge on any atom is -0.492 e. The molecule has 0 amide bonds. The molecule has 1 atom stereocenters. The van der Waals surface area contributed by atoms with Crippen LogP contribution in [-0.4, -0.2) is 17.3 Å². The van der Waals surface area contributed by atoms with Gasteiger partial charge in [-0.05, 0) is 43.2 Å². The molecule has 0 aromatic heterocycles. The molecule has 0 radical (unpaired) electrons. The van der Waals surface area contributed by atoms with Crippen molar-refractivity contribution >= 4 is 0 Å². The second kappa shape index (κ2) is 4.79. The molecule has 2 aliphatic rings. The Bertz CT molecular complexity index is 540. The number of rotatable bonds is 1. The van der Waals surface area contributed by atoms with Gasteiger partial charge in [-0.15, -0.1) is 0 Å². The molecule has 1 aromatic rings. The summed E-state index contributed by atoms with van der Waals surface area (Å²) < 4.78 is 5.79. The van der Waals surface area contributed by atoms with Gasteiger partial charge in [0.15, 0.2) is 0 Å². The van der Waals surface area contributed by atoms with Gasteiger partial charge in [0.25, 0.3) is 0 Å². The second-order valence-corrected chi connectivity index (χ2v) is 6.48. The van der Waals surface area contributed by atoms with Crippen LogP contribution in [0.25, 0.3) is 0 Å². The maximum absolute atomic E-state index is 11.1. The molecule has 0 spiro atoms. The molecule has 1 heterocycles. The lowest BCUT2D eigenvalue weighted by molar-refractivity contribution is -0.109. The zero-order valence-corrected chi connectivity index (χ0v) is 11.9. The van der Waals surface area contributed by atoms with Crippen LogP contribution in [-0.2, 0) is 6.42 Å². The van der Waals surface area contributed by atoms with Crippen molar-refractivity contribution in [1.29, 1.82) is 5.26 Å². The molecule has 1 aromatic carbocycles. The van der Waals surface area contributed by atoms with Crippen molar-refractivity contribution in [3.8, 4) is 11.8 Å². The average Bonchev–Trinajstić information content (AvgIpc) is 2.49. The lowest BCUT2D eigenvalue weighted by Crippen LogP contribution is -2.55. The molecule has 0 saturated heterocycles. The molecule has 1 aliphatic carbocycles. The SMILES string of the molecule is CC1CCC(O)(C2(C#N)COc3ccccc3C2)CC1. The van der Waals surface area contributed by atoms with Crippen molar-refractivity contribution in [3.63, 3.8) is 0 Å². The summed E-state index contributed by atoms with van der Waals surface area (Å²) in [5.41, 5.74) is -0.684. The molecule has 1 N–H and O–H groups in total. The van der Waals surface area contributed by atoms with Crippen LogP contribution in [0.4, 0.5) is 0 Å².